The van der Waals surface area contributed by atoms with Crippen LogP contribution < -0.4 is 10.6 Å². The Hall–Kier alpha value is -2.31. The summed E-state index contributed by atoms with van der Waals surface area (Å²) < 4.78 is 7.16. The van der Waals surface area contributed by atoms with Gasteiger partial charge < -0.3 is 15.2 Å². The van der Waals surface area contributed by atoms with E-state index in [1.807, 2.05) is 19.4 Å². The maximum absolute atomic E-state index is 5.37. The number of nitrogens with zero attached hydrogens (tertiary/aromatic N) is 4. The molecule has 0 atom stereocenters. The fourth-order valence-corrected chi connectivity index (χ4v) is 2.28. The lowest BCUT2D eigenvalue weighted by Gasteiger charge is -2.11. The van der Waals surface area contributed by atoms with Crippen molar-refractivity contribution >= 4 is 5.96 Å². The number of hydrogen-bond donors (Lipinski definition) is 2. The normalized spacial score (nSPS) is 11.7. The van der Waals surface area contributed by atoms with Gasteiger partial charge in [-0.25, -0.2) is 0 Å². The van der Waals surface area contributed by atoms with Crippen molar-refractivity contribution in [1.82, 2.24) is 25.6 Å². The summed E-state index contributed by atoms with van der Waals surface area (Å²) in [6.07, 6.45) is 5.52. The molecule has 0 bridgehead atoms. The molecule has 2 rings (SSSR count). The van der Waals surface area contributed by atoms with E-state index in [9.17, 15) is 0 Å². The van der Waals surface area contributed by atoms with E-state index in [0.29, 0.717) is 13.1 Å². The van der Waals surface area contributed by atoms with Gasteiger partial charge in [0.1, 0.15) is 5.76 Å². The molecule has 0 aromatic carbocycles. The van der Waals surface area contributed by atoms with Crippen molar-refractivity contribution in [2.45, 2.75) is 39.8 Å². The minimum absolute atomic E-state index is 0.655. The number of guanidine groups is 1. The van der Waals surface area contributed by atoms with E-state index in [-0.39, 0.29) is 0 Å². The van der Waals surface area contributed by atoms with Gasteiger partial charge in [-0.3, -0.25) is 9.67 Å². The largest absolute Gasteiger partial charge is 0.361 e. The maximum Gasteiger partial charge on any atom is 0.191 e. The molecule has 2 aromatic heterocycles. The third kappa shape index (κ3) is 3.87. The molecule has 0 amide bonds. The van der Waals surface area contributed by atoms with Gasteiger partial charge in [-0.2, -0.15) is 5.10 Å². The predicted molar refractivity (Wildman–Crippen MR) is 85.5 cm³/mol. The highest BCUT2D eigenvalue weighted by molar-refractivity contribution is 5.79. The number of aliphatic imine (C=N–C) groups is 1. The highest BCUT2D eigenvalue weighted by atomic mass is 16.5. The fraction of sp³-hybridized carbons (Fsp3) is 0.533. The van der Waals surface area contributed by atoms with E-state index in [0.717, 1.165) is 41.4 Å². The molecule has 2 aromatic rings. The Labute approximate surface area is 130 Å². The van der Waals surface area contributed by atoms with Gasteiger partial charge in [0.2, 0.25) is 0 Å². The zero-order valence-corrected chi connectivity index (χ0v) is 13.7. The van der Waals surface area contributed by atoms with Crippen LogP contribution in [0.1, 0.15) is 36.4 Å². The lowest BCUT2D eigenvalue weighted by Crippen LogP contribution is -2.36. The summed E-state index contributed by atoms with van der Waals surface area (Å²) >= 11 is 0. The average molecular weight is 304 g/mol. The first kappa shape index (κ1) is 16.1. The molecular weight excluding hydrogens is 280 g/mol. The molecular formula is C15H24N6O. The van der Waals surface area contributed by atoms with Gasteiger partial charge in [0.25, 0.3) is 0 Å². The topological polar surface area (TPSA) is 80.3 Å². The summed E-state index contributed by atoms with van der Waals surface area (Å²) in [5.74, 6) is 1.68. The van der Waals surface area contributed by atoms with Crippen molar-refractivity contribution < 1.29 is 4.52 Å². The molecule has 120 valence electrons. The van der Waals surface area contributed by atoms with Crippen LogP contribution in [0.15, 0.2) is 21.9 Å². The van der Waals surface area contributed by atoms with Gasteiger partial charge in [0.05, 0.1) is 11.9 Å². The fourth-order valence-electron chi connectivity index (χ4n) is 2.28. The quantitative estimate of drug-likeness (QED) is 0.623. The third-order valence-corrected chi connectivity index (χ3v) is 3.48. The van der Waals surface area contributed by atoms with Crippen molar-refractivity contribution in [3.8, 4) is 0 Å². The molecule has 0 saturated carbocycles. The molecule has 0 unspecified atom stereocenters. The highest BCUT2D eigenvalue weighted by Gasteiger charge is 2.13. The molecule has 0 spiro atoms. The first-order valence-corrected chi connectivity index (χ1v) is 7.56. The Morgan fingerprint density at radius 3 is 2.64 bits per heavy atom. The molecule has 7 nitrogen and oxygen atoms in total. The van der Waals surface area contributed by atoms with Crippen LogP contribution in [0.5, 0.6) is 0 Å². The highest BCUT2D eigenvalue weighted by Crippen LogP contribution is 2.15. The standard InChI is InChI=1S/C15H24N6O/c1-5-13-12(14(6-2)22-20-13)9-18-15(16-3)17-7-11-8-19-21(4)10-11/h8,10H,5-7,9H2,1-4H3,(H2,16,17,18). The predicted octanol–water partition coefficient (Wildman–Crippen LogP) is 1.40. The molecule has 2 N–H and O–H groups in total. The number of aromatic nitrogens is 3. The summed E-state index contributed by atoms with van der Waals surface area (Å²) in [6.45, 7) is 5.48. The first-order valence-electron chi connectivity index (χ1n) is 7.56. The van der Waals surface area contributed by atoms with E-state index in [2.05, 4.69) is 39.7 Å². The minimum atomic E-state index is 0.655. The van der Waals surface area contributed by atoms with Crippen LogP contribution in [0.25, 0.3) is 0 Å². The second kappa shape index (κ2) is 7.63. The van der Waals surface area contributed by atoms with Crippen molar-refractivity contribution in [3.05, 3.63) is 35.0 Å². The van der Waals surface area contributed by atoms with Crippen LogP contribution in [-0.4, -0.2) is 27.9 Å². The number of rotatable bonds is 6. The first-order chi connectivity index (χ1) is 10.7. The van der Waals surface area contributed by atoms with Crippen molar-refractivity contribution in [2.75, 3.05) is 7.05 Å². The second-order valence-electron chi connectivity index (χ2n) is 5.04. The van der Waals surface area contributed by atoms with E-state index in [1.54, 1.807) is 11.7 Å². The van der Waals surface area contributed by atoms with Crippen LogP contribution in [-0.2, 0) is 33.0 Å². The third-order valence-electron chi connectivity index (χ3n) is 3.48. The van der Waals surface area contributed by atoms with Crippen molar-refractivity contribution in [1.29, 1.82) is 0 Å². The summed E-state index contributed by atoms with van der Waals surface area (Å²) in [5.41, 5.74) is 3.25. The maximum atomic E-state index is 5.37. The van der Waals surface area contributed by atoms with Gasteiger partial charge in [-0.05, 0) is 6.42 Å². The van der Waals surface area contributed by atoms with E-state index in [1.165, 1.54) is 0 Å². The smallest absolute Gasteiger partial charge is 0.191 e. The molecule has 22 heavy (non-hydrogen) atoms. The van der Waals surface area contributed by atoms with Crippen LogP contribution >= 0.6 is 0 Å². The summed E-state index contributed by atoms with van der Waals surface area (Å²) in [4.78, 5) is 4.24. The lowest BCUT2D eigenvalue weighted by atomic mass is 10.1. The monoisotopic (exact) mass is 304 g/mol. The Morgan fingerprint density at radius 1 is 1.27 bits per heavy atom. The SMILES string of the molecule is CCc1noc(CC)c1CNC(=NC)NCc1cnn(C)c1. The number of nitrogens with one attached hydrogen (secondary N) is 2. The zero-order valence-electron chi connectivity index (χ0n) is 13.7. The Balaban J connectivity index is 1.92. The Morgan fingerprint density at radius 2 is 2.05 bits per heavy atom. The minimum Gasteiger partial charge on any atom is -0.361 e. The zero-order chi connectivity index (χ0) is 15.9. The number of hydrogen-bond acceptors (Lipinski definition) is 4. The van der Waals surface area contributed by atoms with Gasteiger partial charge >= 0.3 is 0 Å². The van der Waals surface area contributed by atoms with Gasteiger partial charge in [0, 0.05) is 50.9 Å². The molecule has 2 heterocycles. The van der Waals surface area contributed by atoms with Crippen LogP contribution in [0, 0.1) is 0 Å². The van der Waals surface area contributed by atoms with E-state index in [4.69, 9.17) is 4.52 Å². The molecule has 0 saturated heterocycles. The summed E-state index contributed by atoms with van der Waals surface area (Å²) in [5, 5.41) is 14.8. The van der Waals surface area contributed by atoms with Gasteiger partial charge in [-0.1, -0.05) is 19.0 Å². The Bertz CT molecular complexity index is 606. The van der Waals surface area contributed by atoms with Crippen molar-refractivity contribution in [3.63, 3.8) is 0 Å². The summed E-state index contributed by atoms with van der Waals surface area (Å²) in [7, 11) is 3.66. The van der Waals surface area contributed by atoms with Gasteiger partial charge in [-0.15, -0.1) is 0 Å². The Kier molecular flexibility index (Phi) is 5.57. The van der Waals surface area contributed by atoms with E-state index < -0.39 is 0 Å². The molecule has 0 radical (unpaired) electrons. The average Bonchev–Trinajstić information content (AvgIpc) is 3.13. The summed E-state index contributed by atoms with van der Waals surface area (Å²) in [6, 6.07) is 0. The van der Waals surface area contributed by atoms with Gasteiger partial charge in [0.15, 0.2) is 5.96 Å². The molecule has 0 aliphatic heterocycles. The number of aryl methyl sites for hydroxylation is 3. The molecule has 0 aliphatic rings. The second-order valence-corrected chi connectivity index (χ2v) is 5.04. The molecule has 0 fully saturated rings. The molecule has 0 aliphatic carbocycles. The van der Waals surface area contributed by atoms with Crippen LogP contribution in [0.4, 0.5) is 0 Å². The van der Waals surface area contributed by atoms with Crippen molar-refractivity contribution in [2.24, 2.45) is 12.0 Å². The van der Waals surface area contributed by atoms with Crippen LogP contribution in [0.3, 0.4) is 0 Å². The van der Waals surface area contributed by atoms with Crippen LogP contribution in [0.2, 0.25) is 0 Å². The molecule has 7 heteroatoms. The van der Waals surface area contributed by atoms with E-state index >= 15 is 0 Å². The lowest BCUT2D eigenvalue weighted by molar-refractivity contribution is 0.380.